The highest BCUT2D eigenvalue weighted by Gasteiger charge is 2.20. The quantitative estimate of drug-likeness (QED) is 0.153. The molecule has 0 fully saturated rings. The highest BCUT2D eigenvalue weighted by Crippen LogP contribution is 2.45. The lowest BCUT2D eigenvalue weighted by Gasteiger charge is -2.27. The monoisotopic (exact) mass is 762 g/mol. The largest absolute Gasteiger partial charge is 0.310 e. The minimum absolute atomic E-state index is 1.09. The molecular weight excluding hydrogens is 725 g/mol. The molecule has 0 unspecified atom stereocenters. The van der Waals surface area contributed by atoms with Gasteiger partial charge < -0.3 is 9.47 Å². The van der Waals surface area contributed by atoms with E-state index in [9.17, 15) is 0 Å². The molecule has 0 N–H and O–H groups in total. The fourth-order valence-electron chi connectivity index (χ4n) is 9.65. The second kappa shape index (κ2) is 13.9. The van der Waals surface area contributed by atoms with Crippen LogP contribution in [0.25, 0.3) is 92.8 Å². The van der Waals surface area contributed by atoms with Gasteiger partial charge >= 0.3 is 0 Å². The van der Waals surface area contributed by atoms with Gasteiger partial charge in [0, 0.05) is 33.5 Å². The number of anilines is 3. The lowest BCUT2D eigenvalue weighted by molar-refractivity contribution is 1.17. The van der Waals surface area contributed by atoms with Crippen LogP contribution in [-0.4, -0.2) is 4.57 Å². The highest BCUT2D eigenvalue weighted by atomic mass is 15.1. The van der Waals surface area contributed by atoms with E-state index in [1.165, 1.54) is 87.1 Å². The summed E-state index contributed by atoms with van der Waals surface area (Å²) in [7, 11) is 0. The van der Waals surface area contributed by atoms with Gasteiger partial charge in [0.05, 0.1) is 11.0 Å². The van der Waals surface area contributed by atoms with Crippen molar-refractivity contribution in [2.24, 2.45) is 0 Å². The van der Waals surface area contributed by atoms with E-state index in [0.29, 0.717) is 0 Å². The number of nitrogens with zero attached hydrogens (tertiary/aromatic N) is 2. The van der Waals surface area contributed by atoms with Crippen molar-refractivity contribution >= 4 is 82.0 Å². The Balaban J connectivity index is 1.05. The third-order valence-corrected chi connectivity index (χ3v) is 12.3. The van der Waals surface area contributed by atoms with Gasteiger partial charge in [0.15, 0.2) is 0 Å². The van der Waals surface area contributed by atoms with Crippen molar-refractivity contribution in [3.63, 3.8) is 0 Å². The second-order valence-corrected chi connectivity index (χ2v) is 15.7. The van der Waals surface area contributed by atoms with Gasteiger partial charge in [-0.2, -0.15) is 0 Å². The minimum atomic E-state index is 1.09. The molecule has 12 aromatic rings. The van der Waals surface area contributed by atoms with E-state index in [1.54, 1.807) is 0 Å². The lowest BCUT2D eigenvalue weighted by Crippen LogP contribution is -2.10. The summed E-state index contributed by atoms with van der Waals surface area (Å²) in [4.78, 5) is 2.38. The average Bonchev–Trinajstić information content (AvgIpc) is 3.67. The topological polar surface area (TPSA) is 8.17 Å². The molecular formula is C58H38N2. The summed E-state index contributed by atoms with van der Waals surface area (Å²) in [6, 6.07) is 84.2. The maximum atomic E-state index is 2.41. The molecule has 60 heavy (non-hydrogen) atoms. The van der Waals surface area contributed by atoms with Crippen LogP contribution >= 0.6 is 0 Å². The summed E-state index contributed by atoms with van der Waals surface area (Å²) in [5.74, 6) is 0. The van der Waals surface area contributed by atoms with E-state index < -0.39 is 0 Å². The smallest absolute Gasteiger partial charge is 0.0547 e. The summed E-state index contributed by atoms with van der Waals surface area (Å²) >= 11 is 0. The van der Waals surface area contributed by atoms with Crippen LogP contribution in [0.2, 0.25) is 0 Å². The minimum Gasteiger partial charge on any atom is -0.310 e. The van der Waals surface area contributed by atoms with Crippen molar-refractivity contribution in [1.29, 1.82) is 0 Å². The molecule has 280 valence electrons. The molecule has 1 heterocycles. The molecule has 2 nitrogen and oxygen atoms in total. The number of para-hydroxylation sites is 2. The zero-order valence-electron chi connectivity index (χ0n) is 32.8. The Bertz CT molecular complexity index is 3570. The Labute approximate surface area is 348 Å². The zero-order valence-corrected chi connectivity index (χ0v) is 32.8. The Kier molecular flexibility index (Phi) is 7.89. The first-order valence-electron chi connectivity index (χ1n) is 20.7. The molecule has 1 aromatic heterocycles. The van der Waals surface area contributed by atoms with Crippen LogP contribution in [0.15, 0.2) is 231 Å². The zero-order chi connectivity index (χ0) is 39.6. The number of benzene rings is 11. The lowest BCUT2D eigenvalue weighted by atomic mass is 9.87. The first kappa shape index (κ1) is 34.1. The van der Waals surface area contributed by atoms with Crippen molar-refractivity contribution in [2.75, 3.05) is 4.90 Å². The van der Waals surface area contributed by atoms with E-state index in [1.807, 2.05) is 0 Å². The van der Waals surface area contributed by atoms with Gasteiger partial charge in [0.1, 0.15) is 0 Å². The Morgan fingerprint density at radius 3 is 1.57 bits per heavy atom. The van der Waals surface area contributed by atoms with E-state index in [0.717, 1.165) is 22.7 Å². The number of fused-ring (bicyclic) bond motifs is 10. The molecule has 11 aromatic carbocycles. The normalized spacial score (nSPS) is 11.7. The Hall–Kier alpha value is -7.94. The molecule has 0 atom stereocenters. The van der Waals surface area contributed by atoms with Crippen LogP contribution in [0, 0.1) is 0 Å². The molecule has 2 heteroatoms. The molecule has 0 aliphatic heterocycles. The summed E-state index contributed by atoms with van der Waals surface area (Å²) in [5, 5.41) is 12.7. The SMILES string of the molecule is c1ccc(-c2cc(N(c3ccccc3)c3ccc(-n4c5ccccc5c5c6ccccc6ccc54)cc3)ccc2-c2cc3ccccc3c3c2ccc2ccccc23)cc1. The summed E-state index contributed by atoms with van der Waals surface area (Å²) in [6.07, 6.45) is 0. The standard InChI is InChI=1S/C58H38N2/c1-3-15-39(16-4-1)53-38-46(33-35-50(53)54-37-42-19-9-12-24-49(42)57-47-22-10-7-17-40(47)27-34-51(54)57)59(43-20-5-2-6-21-43)44-29-31-45(32-30-44)60-55-26-14-13-25-52(55)58-48-23-11-8-18-41(48)28-36-56(58)60/h1-38H. The van der Waals surface area contributed by atoms with Gasteiger partial charge in [0.2, 0.25) is 0 Å². The highest BCUT2D eigenvalue weighted by molar-refractivity contribution is 6.25. The predicted molar refractivity (Wildman–Crippen MR) is 256 cm³/mol. The fourth-order valence-corrected chi connectivity index (χ4v) is 9.65. The Morgan fingerprint density at radius 1 is 0.283 bits per heavy atom. The van der Waals surface area contributed by atoms with Crippen LogP contribution in [0.3, 0.4) is 0 Å². The van der Waals surface area contributed by atoms with Gasteiger partial charge in [-0.05, 0) is 132 Å². The number of hydrogen-bond donors (Lipinski definition) is 0. The van der Waals surface area contributed by atoms with Crippen molar-refractivity contribution in [3.05, 3.63) is 231 Å². The van der Waals surface area contributed by atoms with Crippen LogP contribution in [0.1, 0.15) is 0 Å². The molecule has 12 rings (SSSR count). The average molecular weight is 763 g/mol. The van der Waals surface area contributed by atoms with E-state index >= 15 is 0 Å². The number of hydrogen-bond acceptors (Lipinski definition) is 1. The summed E-state index contributed by atoms with van der Waals surface area (Å²) in [6.45, 7) is 0. The predicted octanol–water partition coefficient (Wildman–Crippen LogP) is 16.2. The third-order valence-electron chi connectivity index (χ3n) is 12.3. The number of rotatable bonds is 6. The van der Waals surface area contributed by atoms with Gasteiger partial charge in [-0.1, -0.05) is 164 Å². The van der Waals surface area contributed by atoms with Crippen molar-refractivity contribution in [1.82, 2.24) is 4.57 Å². The number of aromatic nitrogens is 1. The second-order valence-electron chi connectivity index (χ2n) is 15.7. The van der Waals surface area contributed by atoms with Crippen molar-refractivity contribution in [2.45, 2.75) is 0 Å². The molecule has 0 radical (unpaired) electrons. The van der Waals surface area contributed by atoms with Gasteiger partial charge in [-0.15, -0.1) is 0 Å². The summed E-state index contributed by atoms with van der Waals surface area (Å²) in [5.41, 5.74) is 11.6. The van der Waals surface area contributed by atoms with E-state index in [-0.39, 0.29) is 0 Å². The van der Waals surface area contributed by atoms with Crippen LogP contribution < -0.4 is 4.90 Å². The van der Waals surface area contributed by atoms with Crippen molar-refractivity contribution in [3.8, 4) is 27.9 Å². The van der Waals surface area contributed by atoms with E-state index in [4.69, 9.17) is 0 Å². The first-order chi connectivity index (χ1) is 29.8. The van der Waals surface area contributed by atoms with Crippen LogP contribution in [-0.2, 0) is 0 Å². The molecule has 0 saturated carbocycles. The van der Waals surface area contributed by atoms with Gasteiger partial charge in [-0.3, -0.25) is 0 Å². The van der Waals surface area contributed by atoms with Gasteiger partial charge in [0.25, 0.3) is 0 Å². The van der Waals surface area contributed by atoms with Crippen LogP contribution in [0.5, 0.6) is 0 Å². The first-order valence-corrected chi connectivity index (χ1v) is 20.7. The summed E-state index contributed by atoms with van der Waals surface area (Å²) < 4.78 is 2.41. The fraction of sp³-hybridized carbons (Fsp3) is 0. The van der Waals surface area contributed by atoms with Crippen LogP contribution in [0.4, 0.5) is 17.1 Å². The third kappa shape index (κ3) is 5.42. The van der Waals surface area contributed by atoms with Crippen molar-refractivity contribution < 1.29 is 0 Å². The molecule has 0 saturated heterocycles. The van der Waals surface area contributed by atoms with E-state index in [2.05, 4.69) is 240 Å². The molecule has 0 amide bonds. The molecule has 0 spiro atoms. The molecule has 0 bridgehead atoms. The maximum absolute atomic E-state index is 2.41. The maximum Gasteiger partial charge on any atom is 0.0547 e. The molecule has 0 aliphatic rings. The Morgan fingerprint density at radius 2 is 0.833 bits per heavy atom. The van der Waals surface area contributed by atoms with Gasteiger partial charge in [-0.25, -0.2) is 0 Å². The molecule has 0 aliphatic carbocycles.